The van der Waals surface area contributed by atoms with Crippen molar-refractivity contribution >= 4 is 11.4 Å². The van der Waals surface area contributed by atoms with Gasteiger partial charge in [0.15, 0.2) is 11.5 Å². The lowest BCUT2D eigenvalue weighted by Gasteiger charge is -2.06. The highest BCUT2D eigenvalue weighted by Gasteiger charge is 2.20. The van der Waals surface area contributed by atoms with E-state index in [4.69, 9.17) is 14.2 Å². The van der Waals surface area contributed by atoms with Gasteiger partial charge in [0.25, 0.3) is 5.91 Å². The van der Waals surface area contributed by atoms with Crippen LogP contribution in [0.1, 0.15) is 16.2 Å². The normalized spacial score (nSPS) is 12.2. The first-order valence-corrected chi connectivity index (χ1v) is 9.37. The minimum atomic E-state index is -0.296. The average molecular weight is 402 g/mol. The highest BCUT2D eigenvalue weighted by atomic mass is 16.7. The van der Waals surface area contributed by atoms with Crippen molar-refractivity contribution in [2.45, 2.75) is 6.54 Å². The van der Waals surface area contributed by atoms with Crippen molar-refractivity contribution in [2.75, 3.05) is 13.9 Å². The first-order valence-electron chi connectivity index (χ1n) is 9.37. The van der Waals surface area contributed by atoms with Gasteiger partial charge in [-0.05, 0) is 29.8 Å². The summed E-state index contributed by atoms with van der Waals surface area (Å²) < 4.78 is 17.9. The van der Waals surface area contributed by atoms with Gasteiger partial charge in [0.2, 0.25) is 12.6 Å². The number of ether oxygens (including phenoxy) is 3. The molecule has 150 valence electrons. The van der Waals surface area contributed by atoms with Gasteiger partial charge < -0.3 is 19.5 Å². The molecule has 2 aromatic heterocycles. The van der Waals surface area contributed by atoms with Crippen LogP contribution in [0, 0.1) is 0 Å². The maximum absolute atomic E-state index is 13.0. The van der Waals surface area contributed by atoms with E-state index in [2.05, 4.69) is 15.3 Å². The molecule has 0 saturated carbocycles. The number of hydrogen-bond donors (Lipinski definition) is 1. The molecule has 1 amide bonds. The number of nitrogens with one attached hydrogen (secondary N) is 1. The standard InChI is InChI=1S/C22H18N4O4/c1-28-17-5-3-2-4-15(17)20-16-12-23-8-9-26(16)21(25-20)22(27)24-11-14-6-7-18-19(10-14)30-13-29-18/h2-10,12H,11,13H2,1H3,(H,24,27). The molecule has 0 bridgehead atoms. The Bertz CT molecular complexity index is 1250. The third-order valence-electron chi connectivity index (χ3n) is 4.90. The number of hydrogen-bond acceptors (Lipinski definition) is 6. The number of rotatable bonds is 5. The lowest BCUT2D eigenvalue weighted by Crippen LogP contribution is -2.25. The van der Waals surface area contributed by atoms with Gasteiger partial charge >= 0.3 is 0 Å². The fourth-order valence-corrected chi connectivity index (χ4v) is 3.45. The van der Waals surface area contributed by atoms with E-state index in [1.165, 1.54) is 0 Å². The van der Waals surface area contributed by atoms with E-state index in [1.54, 1.807) is 30.1 Å². The van der Waals surface area contributed by atoms with Crippen molar-refractivity contribution in [3.05, 3.63) is 72.4 Å². The summed E-state index contributed by atoms with van der Waals surface area (Å²) in [5.74, 6) is 2.04. The summed E-state index contributed by atoms with van der Waals surface area (Å²) in [7, 11) is 1.61. The van der Waals surface area contributed by atoms with Crippen LogP contribution >= 0.6 is 0 Å². The Kier molecular flexibility index (Phi) is 4.44. The van der Waals surface area contributed by atoms with Crippen LogP contribution in [0.4, 0.5) is 0 Å². The number of methoxy groups -OCH3 is 1. The quantitative estimate of drug-likeness (QED) is 0.552. The molecular weight excluding hydrogens is 384 g/mol. The Balaban J connectivity index is 1.46. The van der Waals surface area contributed by atoms with E-state index in [9.17, 15) is 4.79 Å². The van der Waals surface area contributed by atoms with Crippen LogP contribution < -0.4 is 19.5 Å². The van der Waals surface area contributed by atoms with Crippen LogP contribution in [-0.2, 0) is 6.54 Å². The van der Waals surface area contributed by atoms with E-state index in [0.717, 1.165) is 16.6 Å². The minimum absolute atomic E-state index is 0.213. The molecule has 5 rings (SSSR count). The third-order valence-corrected chi connectivity index (χ3v) is 4.90. The second-order valence-corrected chi connectivity index (χ2v) is 6.69. The first-order chi connectivity index (χ1) is 14.7. The van der Waals surface area contributed by atoms with Crippen LogP contribution in [-0.4, -0.2) is 34.2 Å². The first kappa shape index (κ1) is 18.0. The summed E-state index contributed by atoms with van der Waals surface area (Å²) in [5, 5.41) is 2.92. The van der Waals surface area contributed by atoms with Crippen LogP contribution in [0.25, 0.3) is 16.8 Å². The van der Waals surface area contributed by atoms with Crippen molar-refractivity contribution in [1.29, 1.82) is 0 Å². The summed E-state index contributed by atoms with van der Waals surface area (Å²) in [6, 6.07) is 13.1. The molecule has 4 aromatic rings. The van der Waals surface area contributed by atoms with Crippen molar-refractivity contribution in [2.24, 2.45) is 0 Å². The second kappa shape index (κ2) is 7.40. The molecule has 3 heterocycles. The molecule has 0 spiro atoms. The average Bonchev–Trinajstić information content (AvgIpc) is 3.42. The summed E-state index contributed by atoms with van der Waals surface area (Å²) in [6.07, 6.45) is 5.02. The topological polar surface area (TPSA) is 87.0 Å². The van der Waals surface area contributed by atoms with E-state index >= 15 is 0 Å². The minimum Gasteiger partial charge on any atom is -0.496 e. The maximum Gasteiger partial charge on any atom is 0.287 e. The Labute approximate surface area is 172 Å². The van der Waals surface area contributed by atoms with Crippen LogP contribution in [0.5, 0.6) is 17.2 Å². The van der Waals surface area contributed by atoms with Gasteiger partial charge in [-0.2, -0.15) is 0 Å². The molecule has 1 aliphatic rings. The van der Waals surface area contributed by atoms with E-state index in [-0.39, 0.29) is 18.5 Å². The Morgan fingerprint density at radius 2 is 2.07 bits per heavy atom. The number of imidazole rings is 1. The van der Waals surface area contributed by atoms with Gasteiger partial charge in [-0.25, -0.2) is 4.98 Å². The molecule has 2 aromatic carbocycles. The van der Waals surface area contributed by atoms with E-state index in [1.807, 2.05) is 42.5 Å². The Hall–Kier alpha value is -4.07. The van der Waals surface area contributed by atoms with Crippen LogP contribution in [0.15, 0.2) is 61.1 Å². The predicted molar refractivity (Wildman–Crippen MR) is 109 cm³/mol. The molecule has 0 fully saturated rings. The highest BCUT2D eigenvalue weighted by molar-refractivity contribution is 5.95. The molecular formula is C22H18N4O4. The number of carbonyl (C=O) groups is 1. The largest absolute Gasteiger partial charge is 0.496 e. The number of fused-ring (bicyclic) bond motifs is 2. The van der Waals surface area contributed by atoms with Gasteiger partial charge in [-0.15, -0.1) is 0 Å². The monoisotopic (exact) mass is 402 g/mol. The molecule has 0 aliphatic carbocycles. The molecule has 0 unspecified atom stereocenters. The smallest absolute Gasteiger partial charge is 0.287 e. The fourth-order valence-electron chi connectivity index (χ4n) is 3.45. The van der Waals surface area contributed by atoms with Crippen LogP contribution in [0.2, 0.25) is 0 Å². The summed E-state index contributed by atoms with van der Waals surface area (Å²) in [6.45, 7) is 0.546. The molecule has 0 atom stereocenters. The highest BCUT2D eigenvalue weighted by Crippen LogP contribution is 2.33. The van der Waals surface area contributed by atoms with Gasteiger partial charge in [0.1, 0.15) is 11.4 Å². The molecule has 8 nitrogen and oxygen atoms in total. The Morgan fingerprint density at radius 1 is 1.20 bits per heavy atom. The number of amides is 1. The van der Waals surface area contributed by atoms with Crippen molar-refractivity contribution in [1.82, 2.24) is 19.7 Å². The summed E-state index contributed by atoms with van der Waals surface area (Å²) in [4.78, 5) is 21.8. The predicted octanol–water partition coefficient (Wildman–Crippen LogP) is 3.06. The van der Waals surface area contributed by atoms with E-state index < -0.39 is 0 Å². The van der Waals surface area contributed by atoms with Gasteiger partial charge in [-0.3, -0.25) is 14.2 Å². The summed E-state index contributed by atoms with van der Waals surface area (Å²) >= 11 is 0. The zero-order chi connectivity index (χ0) is 20.5. The van der Waals surface area contributed by atoms with Crippen molar-refractivity contribution < 1.29 is 19.0 Å². The van der Waals surface area contributed by atoms with Crippen molar-refractivity contribution in [3.63, 3.8) is 0 Å². The zero-order valence-corrected chi connectivity index (χ0v) is 16.2. The maximum atomic E-state index is 13.0. The van der Waals surface area contributed by atoms with Crippen LogP contribution in [0.3, 0.4) is 0 Å². The molecule has 30 heavy (non-hydrogen) atoms. The van der Waals surface area contributed by atoms with E-state index in [0.29, 0.717) is 29.5 Å². The lowest BCUT2D eigenvalue weighted by molar-refractivity contribution is 0.0940. The number of para-hydroxylation sites is 1. The molecule has 1 N–H and O–H groups in total. The molecule has 0 radical (unpaired) electrons. The van der Waals surface area contributed by atoms with Crippen molar-refractivity contribution in [3.8, 4) is 28.5 Å². The number of carbonyl (C=O) groups excluding carboxylic acids is 1. The lowest BCUT2D eigenvalue weighted by atomic mass is 10.1. The zero-order valence-electron chi connectivity index (χ0n) is 16.2. The number of aromatic nitrogens is 3. The summed E-state index contributed by atoms with van der Waals surface area (Å²) in [5.41, 5.74) is 3.05. The SMILES string of the molecule is COc1ccccc1-c1nc(C(=O)NCc2ccc3c(c2)OCO3)n2ccncc12. The molecule has 0 saturated heterocycles. The fraction of sp³-hybridized carbons (Fsp3) is 0.136. The molecule has 8 heteroatoms. The van der Waals surface area contributed by atoms with Gasteiger partial charge in [0, 0.05) is 24.5 Å². The number of nitrogens with zero attached hydrogens (tertiary/aromatic N) is 3. The number of benzene rings is 2. The second-order valence-electron chi connectivity index (χ2n) is 6.69. The Morgan fingerprint density at radius 3 is 2.97 bits per heavy atom. The van der Waals surface area contributed by atoms with Gasteiger partial charge in [-0.1, -0.05) is 18.2 Å². The van der Waals surface area contributed by atoms with Gasteiger partial charge in [0.05, 0.1) is 18.8 Å². The molecule has 1 aliphatic heterocycles. The third kappa shape index (κ3) is 3.08.